The zero-order valence-corrected chi connectivity index (χ0v) is 15.7. The molecule has 0 amide bonds. The van der Waals surface area contributed by atoms with Crippen molar-refractivity contribution in [2.45, 2.75) is 58.4 Å². The summed E-state index contributed by atoms with van der Waals surface area (Å²) in [5, 5.41) is 0. The van der Waals surface area contributed by atoms with Crippen LogP contribution in [0.2, 0.25) is 0 Å². The lowest BCUT2D eigenvalue weighted by Crippen LogP contribution is -2.25. The van der Waals surface area contributed by atoms with Gasteiger partial charge in [-0.05, 0) is 44.4 Å². The van der Waals surface area contributed by atoms with Gasteiger partial charge in [-0.15, -0.1) is 0 Å². The fraction of sp³-hybridized carbons (Fsp3) is 0.455. The third-order valence-corrected chi connectivity index (χ3v) is 5.04. The van der Waals surface area contributed by atoms with E-state index in [9.17, 15) is 9.59 Å². The standard InChI is InChI=1S/C22H27NO3/c1-3-4-5-14-26-22(25)18-10-7-13-23-19(18)11-12-20(23)21(24)17-9-6-8-16(2)15-17/h6,8-9,11-12,15,18H,3-5,7,10,13-14H2,1-2H3. The molecule has 0 fully saturated rings. The molecule has 0 saturated heterocycles. The molecule has 26 heavy (non-hydrogen) atoms. The number of hydrogen-bond donors (Lipinski definition) is 0. The minimum atomic E-state index is -0.260. The molecule has 0 bridgehead atoms. The molecule has 1 aromatic heterocycles. The van der Waals surface area contributed by atoms with E-state index in [2.05, 4.69) is 6.92 Å². The quantitative estimate of drug-likeness (QED) is 0.414. The number of aromatic nitrogens is 1. The maximum Gasteiger partial charge on any atom is 0.314 e. The summed E-state index contributed by atoms with van der Waals surface area (Å²) in [6.45, 7) is 5.37. The first kappa shape index (κ1) is 18.4. The van der Waals surface area contributed by atoms with Crippen LogP contribution in [0.4, 0.5) is 0 Å². The van der Waals surface area contributed by atoms with Crippen molar-refractivity contribution in [1.82, 2.24) is 4.57 Å². The number of benzene rings is 1. The number of carbonyl (C=O) groups excluding carboxylic acids is 2. The fourth-order valence-electron chi connectivity index (χ4n) is 3.64. The predicted octanol–water partition coefficient (Wildman–Crippen LogP) is 4.64. The van der Waals surface area contributed by atoms with E-state index < -0.39 is 0 Å². The van der Waals surface area contributed by atoms with Crippen molar-refractivity contribution in [3.63, 3.8) is 0 Å². The van der Waals surface area contributed by atoms with Gasteiger partial charge in [0.25, 0.3) is 0 Å². The Kier molecular flexibility index (Phi) is 5.92. The van der Waals surface area contributed by atoms with Crippen LogP contribution in [0.15, 0.2) is 36.4 Å². The number of hydrogen-bond acceptors (Lipinski definition) is 3. The Labute approximate surface area is 155 Å². The van der Waals surface area contributed by atoms with Crippen molar-refractivity contribution in [3.05, 3.63) is 58.9 Å². The van der Waals surface area contributed by atoms with Crippen LogP contribution in [-0.2, 0) is 16.1 Å². The third-order valence-electron chi connectivity index (χ3n) is 5.04. The van der Waals surface area contributed by atoms with E-state index in [1.165, 1.54) is 0 Å². The molecule has 1 unspecified atom stereocenters. The molecule has 4 heteroatoms. The van der Waals surface area contributed by atoms with Gasteiger partial charge in [0.1, 0.15) is 0 Å². The molecule has 0 spiro atoms. The number of esters is 1. The summed E-state index contributed by atoms with van der Waals surface area (Å²) in [5.74, 6) is -0.406. The van der Waals surface area contributed by atoms with Gasteiger partial charge in [-0.2, -0.15) is 0 Å². The van der Waals surface area contributed by atoms with E-state index in [-0.39, 0.29) is 17.7 Å². The Morgan fingerprint density at radius 3 is 2.81 bits per heavy atom. The molecule has 2 heterocycles. The van der Waals surface area contributed by atoms with Gasteiger partial charge in [0, 0.05) is 17.8 Å². The summed E-state index contributed by atoms with van der Waals surface area (Å²) >= 11 is 0. The Morgan fingerprint density at radius 2 is 2.04 bits per heavy atom. The van der Waals surface area contributed by atoms with Gasteiger partial charge in [0.05, 0.1) is 18.2 Å². The summed E-state index contributed by atoms with van der Waals surface area (Å²) in [6, 6.07) is 11.4. The highest BCUT2D eigenvalue weighted by molar-refractivity contribution is 6.08. The van der Waals surface area contributed by atoms with Crippen LogP contribution >= 0.6 is 0 Å². The monoisotopic (exact) mass is 353 g/mol. The molecule has 138 valence electrons. The smallest absolute Gasteiger partial charge is 0.314 e. The molecule has 3 rings (SSSR count). The first-order valence-corrected chi connectivity index (χ1v) is 9.59. The lowest BCUT2D eigenvalue weighted by atomic mass is 9.96. The van der Waals surface area contributed by atoms with Crippen molar-refractivity contribution >= 4 is 11.8 Å². The molecular weight excluding hydrogens is 326 g/mol. The molecule has 0 aliphatic carbocycles. The summed E-state index contributed by atoms with van der Waals surface area (Å²) in [4.78, 5) is 25.4. The number of nitrogens with zero attached hydrogens (tertiary/aromatic N) is 1. The second-order valence-corrected chi connectivity index (χ2v) is 7.06. The molecule has 1 aliphatic rings. The van der Waals surface area contributed by atoms with E-state index in [1.807, 2.05) is 47.9 Å². The molecule has 4 nitrogen and oxygen atoms in total. The topological polar surface area (TPSA) is 48.3 Å². The van der Waals surface area contributed by atoms with Crippen molar-refractivity contribution in [2.24, 2.45) is 0 Å². The first-order valence-electron chi connectivity index (χ1n) is 9.59. The number of aryl methyl sites for hydroxylation is 1. The number of fused-ring (bicyclic) bond motifs is 1. The molecule has 1 aromatic carbocycles. The molecule has 0 radical (unpaired) electrons. The maximum atomic E-state index is 12.9. The Bertz CT molecular complexity index is 790. The first-order chi connectivity index (χ1) is 12.6. The van der Waals surface area contributed by atoms with Crippen LogP contribution in [0.5, 0.6) is 0 Å². The van der Waals surface area contributed by atoms with Gasteiger partial charge in [0.2, 0.25) is 5.78 Å². The van der Waals surface area contributed by atoms with E-state index in [0.717, 1.165) is 49.9 Å². The molecular formula is C22H27NO3. The number of carbonyl (C=O) groups is 2. The number of rotatable bonds is 7. The van der Waals surface area contributed by atoms with Crippen molar-refractivity contribution < 1.29 is 14.3 Å². The normalized spacial score (nSPS) is 16.2. The highest BCUT2D eigenvalue weighted by atomic mass is 16.5. The minimum absolute atomic E-state index is 0.0110. The Morgan fingerprint density at radius 1 is 1.19 bits per heavy atom. The second-order valence-electron chi connectivity index (χ2n) is 7.06. The van der Waals surface area contributed by atoms with Crippen molar-refractivity contribution in [1.29, 1.82) is 0 Å². The Hall–Kier alpha value is -2.36. The van der Waals surface area contributed by atoms with Crippen molar-refractivity contribution in [3.8, 4) is 0 Å². The van der Waals surface area contributed by atoms with Crippen LogP contribution < -0.4 is 0 Å². The van der Waals surface area contributed by atoms with Crippen LogP contribution in [0.1, 0.15) is 72.3 Å². The van der Waals surface area contributed by atoms with Gasteiger partial charge in [-0.1, -0.05) is 43.5 Å². The highest BCUT2D eigenvalue weighted by Gasteiger charge is 2.30. The van der Waals surface area contributed by atoms with E-state index >= 15 is 0 Å². The third kappa shape index (κ3) is 3.90. The minimum Gasteiger partial charge on any atom is -0.465 e. The van der Waals surface area contributed by atoms with E-state index in [4.69, 9.17) is 4.74 Å². The Balaban J connectivity index is 1.78. The second kappa shape index (κ2) is 8.35. The molecule has 0 saturated carbocycles. The van der Waals surface area contributed by atoms with Crippen molar-refractivity contribution in [2.75, 3.05) is 6.61 Å². The SMILES string of the molecule is CCCCCOC(=O)C1CCCn2c(C(=O)c3cccc(C)c3)ccc21. The highest BCUT2D eigenvalue weighted by Crippen LogP contribution is 2.31. The molecule has 2 aromatic rings. The number of ketones is 1. The zero-order valence-electron chi connectivity index (χ0n) is 15.7. The van der Waals surface area contributed by atoms with Crippen LogP contribution in [-0.4, -0.2) is 22.9 Å². The molecule has 1 atom stereocenters. The van der Waals surface area contributed by atoms with Gasteiger partial charge >= 0.3 is 5.97 Å². The molecule has 1 aliphatic heterocycles. The van der Waals surface area contributed by atoms with Gasteiger partial charge < -0.3 is 9.30 Å². The predicted molar refractivity (Wildman–Crippen MR) is 102 cm³/mol. The molecule has 0 N–H and O–H groups in total. The van der Waals surface area contributed by atoms with Crippen LogP contribution in [0, 0.1) is 6.92 Å². The average molecular weight is 353 g/mol. The number of unbranched alkanes of at least 4 members (excludes halogenated alkanes) is 2. The van der Waals surface area contributed by atoms with Gasteiger partial charge in [0.15, 0.2) is 0 Å². The fourth-order valence-corrected chi connectivity index (χ4v) is 3.64. The lowest BCUT2D eigenvalue weighted by molar-refractivity contribution is -0.146. The largest absolute Gasteiger partial charge is 0.465 e. The number of ether oxygens (including phenoxy) is 1. The van der Waals surface area contributed by atoms with Gasteiger partial charge in [-0.3, -0.25) is 9.59 Å². The van der Waals surface area contributed by atoms with Crippen LogP contribution in [0.25, 0.3) is 0 Å². The summed E-state index contributed by atoms with van der Waals surface area (Å²) in [5.41, 5.74) is 3.33. The van der Waals surface area contributed by atoms with Crippen LogP contribution in [0.3, 0.4) is 0 Å². The van der Waals surface area contributed by atoms with Gasteiger partial charge in [-0.25, -0.2) is 0 Å². The maximum absolute atomic E-state index is 12.9. The summed E-state index contributed by atoms with van der Waals surface area (Å²) < 4.78 is 7.48. The lowest BCUT2D eigenvalue weighted by Gasteiger charge is -2.25. The summed E-state index contributed by atoms with van der Waals surface area (Å²) in [6.07, 6.45) is 4.75. The average Bonchev–Trinajstić information content (AvgIpc) is 3.08. The van der Waals surface area contributed by atoms with E-state index in [1.54, 1.807) is 0 Å². The zero-order chi connectivity index (χ0) is 18.5. The summed E-state index contributed by atoms with van der Waals surface area (Å²) in [7, 11) is 0. The van der Waals surface area contributed by atoms with E-state index in [0.29, 0.717) is 17.9 Å².